The van der Waals surface area contributed by atoms with Gasteiger partial charge in [-0.15, -0.1) is 0 Å². The Bertz CT molecular complexity index is 1500. The van der Waals surface area contributed by atoms with Crippen LogP contribution in [-0.2, 0) is 14.3 Å². The first-order valence-corrected chi connectivity index (χ1v) is 12.6. The predicted octanol–water partition coefficient (Wildman–Crippen LogP) is 5.77. The molecule has 8 nitrogen and oxygen atoms in total. The SMILES string of the molecule is O=C(COc1ccc2ccccc2c1)OCC(=O)N1N=C2C(=Cc3ccco3)CCCC2C1c1ccco1. The number of ether oxygens (including phenoxy) is 2. The predicted molar refractivity (Wildman–Crippen MR) is 140 cm³/mol. The largest absolute Gasteiger partial charge is 0.482 e. The number of allylic oxidation sites excluding steroid dienone is 1. The van der Waals surface area contributed by atoms with Crippen molar-refractivity contribution in [2.75, 3.05) is 13.2 Å². The minimum Gasteiger partial charge on any atom is -0.482 e. The number of hydrogen-bond acceptors (Lipinski definition) is 7. The normalized spacial score (nSPS) is 19.8. The van der Waals surface area contributed by atoms with Crippen LogP contribution in [0.15, 0.2) is 98.8 Å². The van der Waals surface area contributed by atoms with Crippen LogP contribution < -0.4 is 4.74 Å². The molecular formula is C30H26N2O6. The van der Waals surface area contributed by atoms with Crippen molar-refractivity contribution < 1.29 is 27.9 Å². The van der Waals surface area contributed by atoms with Crippen LogP contribution in [0.25, 0.3) is 16.8 Å². The van der Waals surface area contributed by atoms with Gasteiger partial charge in [0.05, 0.1) is 18.2 Å². The standard InChI is InChI=1S/C30H26N2O6/c33-27(18-38-28(34)19-37-24-13-12-20-6-1-2-7-21(20)16-24)32-30(26-11-5-15-36-26)25-10-3-8-22(29(25)31-32)17-23-9-4-14-35-23/h1-2,4-7,9,11-17,25,30H,3,8,10,18-19H2. The number of rotatable bonds is 7. The number of benzene rings is 2. The van der Waals surface area contributed by atoms with Crippen LogP contribution in [0.4, 0.5) is 0 Å². The number of carbonyl (C=O) groups excluding carboxylic acids is 2. The first-order valence-electron chi connectivity index (χ1n) is 12.6. The van der Waals surface area contributed by atoms with Crippen molar-refractivity contribution in [3.63, 3.8) is 0 Å². The number of esters is 1. The van der Waals surface area contributed by atoms with Gasteiger partial charge in [0.2, 0.25) is 0 Å². The molecule has 2 unspecified atom stereocenters. The molecule has 2 atom stereocenters. The second kappa shape index (κ2) is 10.4. The maximum atomic E-state index is 13.3. The van der Waals surface area contributed by atoms with E-state index in [1.165, 1.54) is 5.01 Å². The first-order chi connectivity index (χ1) is 18.7. The Kier molecular flexibility index (Phi) is 6.52. The fourth-order valence-electron chi connectivity index (χ4n) is 5.14. The van der Waals surface area contributed by atoms with E-state index in [0.717, 1.165) is 47.1 Å². The second-order valence-corrected chi connectivity index (χ2v) is 9.33. The Balaban J connectivity index is 1.14. The zero-order valence-corrected chi connectivity index (χ0v) is 20.6. The van der Waals surface area contributed by atoms with E-state index >= 15 is 0 Å². The van der Waals surface area contributed by atoms with Gasteiger partial charge in [-0.25, -0.2) is 9.80 Å². The number of fused-ring (bicyclic) bond motifs is 2. The molecule has 1 aliphatic heterocycles. The summed E-state index contributed by atoms with van der Waals surface area (Å²) in [6.07, 6.45) is 7.84. The molecule has 3 heterocycles. The summed E-state index contributed by atoms with van der Waals surface area (Å²) >= 11 is 0. The highest BCUT2D eigenvalue weighted by molar-refractivity contribution is 6.08. The van der Waals surface area contributed by atoms with Crippen molar-refractivity contribution in [3.8, 4) is 5.75 Å². The summed E-state index contributed by atoms with van der Waals surface area (Å²) < 4.78 is 22.1. The molecule has 2 aliphatic rings. The molecule has 0 bridgehead atoms. The molecule has 8 heteroatoms. The van der Waals surface area contributed by atoms with Crippen LogP contribution in [0.2, 0.25) is 0 Å². The first kappa shape index (κ1) is 23.8. The van der Waals surface area contributed by atoms with Crippen LogP contribution in [0.5, 0.6) is 5.75 Å². The Morgan fingerprint density at radius 2 is 1.82 bits per heavy atom. The average molecular weight is 511 g/mol. The smallest absolute Gasteiger partial charge is 0.344 e. The van der Waals surface area contributed by atoms with Gasteiger partial charge in [0.1, 0.15) is 23.3 Å². The molecule has 0 saturated heterocycles. The third kappa shape index (κ3) is 4.85. The van der Waals surface area contributed by atoms with E-state index in [-0.39, 0.29) is 12.5 Å². The molecule has 4 aromatic rings. The van der Waals surface area contributed by atoms with Gasteiger partial charge >= 0.3 is 5.97 Å². The Labute approximate surface area is 219 Å². The summed E-state index contributed by atoms with van der Waals surface area (Å²) in [7, 11) is 0. The summed E-state index contributed by atoms with van der Waals surface area (Å²) in [5, 5.41) is 8.20. The Morgan fingerprint density at radius 3 is 2.63 bits per heavy atom. The molecule has 1 fully saturated rings. The minimum absolute atomic E-state index is 0.0213. The number of hydrogen-bond donors (Lipinski definition) is 0. The molecule has 1 aliphatic carbocycles. The lowest BCUT2D eigenvalue weighted by atomic mass is 9.79. The zero-order chi connectivity index (χ0) is 25.9. The van der Waals surface area contributed by atoms with Crippen LogP contribution in [0.1, 0.15) is 36.8 Å². The van der Waals surface area contributed by atoms with Gasteiger partial charge in [-0.2, -0.15) is 5.10 Å². The molecule has 6 rings (SSSR count). The van der Waals surface area contributed by atoms with Crippen LogP contribution in [0, 0.1) is 5.92 Å². The van der Waals surface area contributed by atoms with E-state index in [4.69, 9.17) is 23.4 Å². The summed E-state index contributed by atoms with van der Waals surface area (Å²) in [6, 6.07) is 20.4. The van der Waals surface area contributed by atoms with Gasteiger partial charge in [0, 0.05) is 5.92 Å². The second-order valence-electron chi connectivity index (χ2n) is 9.33. The van der Waals surface area contributed by atoms with Crippen molar-refractivity contribution in [3.05, 3.63) is 96.3 Å². The van der Waals surface area contributed by atoms with Gasteiger partial charge in [0.15, 0.2) is 13.2 Å². The van der Waals surface area contributed by atoms with Gasteiger partial charge in [-0.3, -0.25) is 4.79 Å². The van der Waals surface area contributed by atoms with Crippen LogP contribution in [0.3, 0.4) is 0 Å². The lowest BCUT2D eigenvalue weighted by Crippen LogP contribution is -2.34. The van der Waals surface area contributed by atoms with E-state index in [0.29, 0.717) is 11.5 Å². The molecule has 0 radical (unpaired) electrons. The lowest BCUT2D eigenvalue weighted by molar-refractivity contribution is -0.154. The van der Waals surface area contributed by atoms with Gasteiger partial charge in [0.25, 0.3) is 5.91 Å². The minimum atomic E-state index is -0.635. The average Bonchev–Trinajstić information content (AvgIpc) is 3.72. The lowest BCUT2D eigenvalue weighted by Gasteiger charge is -2.27. The summed E-state index contributed by atoms with van der Waals surface area (Å²) in [6.45, 7) is -0.752. The third-order valence-electron chi connectivity index (χ3n) is 6.89. The maximum absolute atomic E-state index is 13.3. The van der Waals surface area contributed by atoms with Crippen molar-refractivity contribution in [1.82, 2.24) is 5.01 Å². The Hall–Kier alpha value is -4.59. The number of carbonyl (C=O) groups is 2. The Morgan fingerprint density at radius 1 is 0.974 bits per heavy atom. The van der Waals surface area contributed by atoms with Crippen LogP contribution >= 0.6 is 0 Å². The van der Waals surface area contributed by atoms with Crippen molar-refractivity contribution in [2.24, 2.45) is 11.0 Å². The molecule has 0 spiro atoms. The molecule has 1 saturated carbocycles. The van der Waals surface area contributed by atoms with E-state index in [2.05, 4.69) is 0 Å². The van der Waals surface area contributed by atoms with E-state index in [9.17, 15) is 9.59 Å². The van der Waals surface area contributed by atoms with Gasteiger partial charge < -0.3 is 18.3 Å². The highest BCUT2D eigenvalue weighted by Gasteiger charge is 2.45. The van der Waals surface area contributed by atoms with Gasteiger partial charge in [-0.05, 0) is 78.1 Å². The third-order valence-corrected chi connectivity index (χ3v) is 6.89. The fraction of sp³-hybridized carbons (Fsp3) is 0.233. The topological polar surface area (TPSA) is 94.5 Å². The maximum Gasteiger partial charge on any atom is 0.344 e. The number of nitrogens with zero attached hydrogens (tertiary/aromatic N) is 2. The monoisotopic (exact) mass is 510 g/mol. The van der Waals surface area contributed by atoms with E-state index < -0.39 is 24.5 Å². The van der Waals surface area contributed by atoms with Crippen LogP contribution in [-0.4, -0.2) is 35.8 Å². The molecular weight excluding hydrogens is 484 g/mol. The number of amides is 1. The molecule has 1 amide bonds. The fourth-order valence-corrected chi connectivity index (χ4v) is 5.14. The van der Waals surface area contributed by atoms with Gasteiger partial charge in [-0.1, -0.05) is 30.3 Å². The summed E-state index contributed by atoms with van der Waals surface area (Å²) in [5.41, 5.74) is 1.87. The quantitative estimate of drug-likeness (QED) is 0.293. The molecule has 192 valence electrons. The molecule has 2 aromatic carbocycles. The van der Waals surface area contributed by atoms with E-state index in [1.54, 1.807) is 24.7 Å². The highest BCUT2D eigenvalue weighted by Crippen LogP contribution is 2.44. The van der Waals surface area contributed by atoms with Crippen molar-refractivity contribution >= 4 is 34.4 Å². The van der Waals surface area contributed by atoms with Crippen molar-refractivity contribution in [2.45, 2.75) is 25.3 Å². The molecule has 38 heavy (non-hydrogen) atoms. The molecule has 2 aromatic heterocycles. The van der Waals surface area contributed by atoms with E-state index in [1.807, 2.05) is 60.7 Å². The number of hydrazone groups is 1. The summed E-state index contributed by atoms with van der Waals surface area (Å²) in [4.78, 5) is 25.7. The zero-order valence-electron chi connectivity index (χ0n) is 20.6. The summed E-state index contributed by atoms with van der Waals surface area (Å²) in [5.74, 6) is 0.853. The number of furan rings is 2. The highest BCUT2D eigenvalue weighted by atomic mass is 16.6. The van der Waals surface area contributed by atoms with Crippen molar-refractivity contribution in [1.29, 1.82) is 0 Å². The molecule has 0 N–H and O–H groups in total.